The van der Waals surface area contributed by atoms with E-state index in [2.05, 4.69) is 34.8 Å². The van der Waals surface area contributed by atoms with Gasteiger partial charge in [-0.1, -0.05) is 6.92 Å². The van der Waals surface area contributed by atoms with Crippen LogP contribution in [0.25, 0.3) is 0 Å². The van der Waals surface area contributed by atoms with E-state index >= 15 is 0 Å². The Balaban J connectivity index is 2.09. The summed E-state index contributed by atoms with van der Waals surface area (Å²) in [7, 11) is 3.90. The fourth-order valence-corrected chi connectivity index (χ4v) is 2.06. The molecule has 0 amide bonds. The second-order valence-electron chi connectivity index (χ2n) is 4.68. The van der Waals surface area contributed by atoms with Gasteiger partial charge in [0.05, 0.1) is 12.4 Å². The second kappa shape index (κ2) is 5.82. The summed E-state index contributed by atoms with van der Waals surface area (Å²) in [6.45, 7) is 3.19. The van der Waals surface area contributed by atoms with E-state index in [1.165, 1.54) is 11.1 Å². The van der Waals surface area contributed by atoms with Gasteiger partial charge >= 0.3 is 0 Å². The molecule has 2 aromatic heterocycles. The quantitative estimate of drug-likeness (QED) is 0.840. The van der Waals surface area contributed by atoms with Crippen molar-refractivity contribution in [1.82, 2.24) is 24.9 Å². The van der Waals surface area contributed by atoms with Gasteiger partial charge in [0.2, 0.25) is 0 Å². The summed E-state index contributed by atoms with van der Waals surface area (Å²) in [5.41, 5.74) is 2.48. The van der Waals surface area contributed by atoms with E-state index in [0.29, 0.717) is 6.04 Å². The fraction of sp³-hybridized carbons (Fsp3) is 0.538. The molecule has 0 aromatic carbocycles. The van der Waals surface area contributed by atoms with E-state index < -0.39 is 0 Å². The maximum absolute atomic E-state index is 4.25. The van der Waals surface area contributed by atoms with Gasteiger partial charge in [-0.2, -0.15) is 10.2 Å². The highest BCUT2D eigenvalue weighted by atomic mass is 15.2. The fourth-order valence-electron chi connectivity index (χ4n) is 2.06. The zero-order valence-corrected chi connectivity index (χ0v) is 11.3. The van der Waals surface area contributed by atoms with Crippen LogP contribution in [0.1, 0.15) is 30.5 Å². The number of rotatable bonds is 6. The van der Waals surface area contributed by atoms with E-state index in [0.717, 1.165) is 19.4 Å². The molecule has 0 saturated heterocycles. The molecule has 0 radical (unpaired) electrons. The Hall–Kier alpha value is -1.62. The Morgan fingerprint density at radius 3 is 2.44 bits per heavy atom. The molecule has 2 heterocycles. The molecule has 0 aliphatic rings. The van der Waals surface area contributed by atoms with Gasteiger partial charge in [-0.25, -0.2) is 0 Å². The van der Waals surface area contributed by atoms with Crippen LogP contribution in [-0.4, -0.2) is 26.1 Å². The van der Waals surface area contributed by atoms with Gasteiger partial charge in [-0.05, 0) is 24.9 Å². The van der Waals surface area contributed by atoms with E-state index in [1.807, 2.05) is 35.9 Å². The molecule has 18 heavy (non-hydrogen) atoms. The minimum atomic E-state index is 0.308. The third kappa shape index (κ3) is 3.20. The predicted molar refractivity (Wildman–Crippen MR) is 71.2 cm³/mol. The maximum Gasteiger partial charge on any atom is 0.0537 e. The monoisotopic (exact) mass is 247 g/mol. The third-order valence-electron chi connectivity index (χ3n) is 2.97. The average molecular weight is 247 g/mol. The molecule has 0 bridgehead atoms. The standard InChI is InChI=1S/C13H21N5/c1-4-5-14-13(12-8-16-18(3)10-12)6-11-7-15-17(2)9-11/h7-10,13-14H,4-6H2,1-3H3. The van der Waals surface area contributed by atoms with Crippen molar-refractivity contribution in [3.05, 3.63) is 35.9 Å². The molecule has 0 aliphatic carbocycles. The first-order chi connectivity index (χ1) is 8.69. The van der Waals surface area contributed by atoms with Crippen LogP contribution in [0.2, 0.25) is 0 Å². The smallest absolute Gasteiger partial charge is 0.0537 e. The summed E-state index contributed by atoms with van der Waals surface area (Å²) >= 11 is 0. The average Bonchev–Trinajstić information content (AvgIpc) is 2.93. The van der Waals surface area contributed by atoms with Crippen LogP contribution >= 0.6 is 0 Å². The zero-order valence-electron chi connectivity index (χ0n) is 11.3. The number of hydrogen-bond acceptors (Lipinski definition) is 3. The van der Waals surface area contributed by atoms with Gasteiger partial charge in [-0.3, -0.25) is 9.36 Å². The van der Waals surface area contributed by atoms with Crippen molar-refractivity contribution in [1.29, 1.82) is 0 Å². The Labute approximate surface area is 108 Å². The first-order valence-electron chi connectivity index (χ1n) is 6.38. The molecule has 98 valence electrons. The lowest BCUT2D eigenvalue weighted by atomic mass is 10.0. The molecule has 2 rings (SSSR count). The van der Waals surface area contributed by atoms with Crippen LogP contribution in [0.3, 0.4) is 0 Å². The van der Waals surface area contributed by atoms with Gasteiger partial charge in [0.1, 0.15) is 0 Å². The second-order valence-corrected chi connectivity index (χ2v) is 4.68. The van der Waals surface area contributed by atoms with Gasteiger partial charge < -0.3 is 5.32 Å². The summed E-state index contributed by atoms with van der Waals surface area (Å²) in [6, 6.07) is 0.308. The lowest BCUT2D eigenvalue weighted by Crippen LogP contribution is -2.23. The van der Waals surface area contributed by atoms with Crippen molar-refractivity contribution in [3.63, 3.8) is 0 Å². The van der Waals surface area contributed by atoms with Crippen molar-refractivity contribution in [2.75, 3.05) is 6.54 Å². The molecule has 2 aromatic rings. The Bertz CT molecular complexity index is 485. The minimum Gasteiger partial charge on any atom is -0.310 e. The molecular formula is C13H21N5. The highest BCUT2D eigenvalue weighted by Gasteiger charge is 2.14. The van der Waals surface area contributed by atoms with Crippen molar-refractivity contribution < 1.29 is 0 Å². The maximum atomic E-state index is 4.25. The predicted octanol–water partition coefficient (Wildman–Crippen LogP) is 1.44. The van der Waals surface area contributed by atoms with Crippen molar-refractivity contribution in [2.24, 2.45) is 14.1 Å². The highest BCUT2D eigenvalue weighted by Crippen LogP contribution is 2.17. The van der Waals surface area contributed by atoms with Gasteiger partial charge in [0, 0.05) is 38.1 Å². The molecule has 0 saturated carbocycles. The molecular weight excluding hydrogens is 226 g/mol. The Kier molecular flexibility index (Phi) is 4.15. The van der Waals surface area contributed by atoms with Crippen LogP contribution in [0.15, 0.2) is 24.8 Å². The Morgan fingerprint density at radius 2 is 1.89 bits per heavy atom. The highest BCUT2D eigenvalue weighted by molar-refractivity contribution is 5.16. The lowest BCUT2D eigenvalue weighted by molar-refractivity contribution is 0.528. The molecule has 1 unspecified atom stereocenters. The van der Waals surface area contributed by atoms with E-state index in [1.54, 1.807) is 0 Å². The SMILES string of the molecule is CCCNC(Cc1cnn(C)c1)c1cnn(C)c1. The van der Waals surface area contributed by atoms with Crippen molar-refractivity contribution >= 4 is 0 Å². The summed E-state index contributed by atoms with van der Waals surface area (Å²) < 4.78 is 3.69. The van der Waals surface area contributed by atoms with Crippen LogP contribution < -0.4 is 5.32 Å². The zero-order chi connectivity index (χ0) is 13.0. The van der Waals surface area contributed by atoms with Gasteiger partial charge in [0.25, 0.3) is 0 Å². The largest absolute Gasteiger partial charge is 0.310 e. The van der Waals surface area contributed by atoms with Gasteiger partial charge in [0.15, 0.2) is 0 Å². The topological polar surface area (TPSA) is 47.7 Å². The number of hydrogen-bond donors (Lipinski definition) is 1. The molecule has 1 N–H and O–H groups in total. The van der Waals surface area contributed by atoms with Crippen LogP contribution in [0.4, 0.5) is 0 Å². The molecule has 5 heteroatoms. The molecule has 5 nitrogen and oxygen atoms in total. The third-order valence-corrected chi connectivity index (χ3v) is 2.97. The molecule has 0 spiro atoms. The first-order valence-corrected chi connectivity index (χ1v) is 6.38. The van der Waals surface area contributed by atoms with Crippen LogP contribution in [0, 0.1) is 0 Å². The van der Waals surface area contributed by atoms with Crippen LogP contribution in [0.5, 0.6) is 0 Å². The minimum absolute atomic E-state index is 0.308. The number of nitrogens with zero attached hydrogens (tertiary/aromatic N) is 4. The summed E-state index contributed by atoms with van der Waals surface area (Å²) in [5, 5.41) is 12.0. The molecule has 0 fully saturated rings. The first kappa shape index (κ1) is 12.8. The number of nitrogens with one attached hydrogen (secondary N) is 1. The van der Waals surface area contributed by atoms with Crippen LogP contribution in [-0.2, 0) is 20.5 Å². The number of aryl methyl sites for hydroxylation is 2. The van der Waals surface area contributed by atoms with E-state index in [9.17, 15) is 0 Å². The summed E-state index contributed by atoms with van der Waals surface area (Å²) in [4.78, 5) is 0. The lowest BCUT2D eigenvalue weighted by Gasteiger charge is -2.16. The summed E-state index contributed by atoms with van der Waals surface area (Å²) in [6.07, 6.45) is 10.1. The summed E-state index contributed by atoms with van der Waals surface area (Å²) in [5.74, 6) is 0. The Morgan fingerprint density at radius 1 is 1.17 bits per heavy atom. The van der Waals surface area contributed by atoms with E-state index in [-0.39, 0.29) is 0 Å². The normalized spacial score (nSPS) is 12.8. The van der Waals surface area contributed by atoms with Gasteiger partial charge in [-0.15, -0.1) is 0 Å². The van der Waals surface area contributed by atoms with Crippen molar-refractivity contribution in [2.45, 2.75) is 25.8 Å². The number of aromatic nitrogens is 4. The molecule has 1 atom stereocenters. The molecule has 0 aliphatic heterocycles. The van der Waals surface area contributed by atoms with Crippen molar-refractivity contribution in [3.8, 4) is 0 Å². The van der Waals surface area contributed by atoms with E-state index in [4.69, 9.17) is 0 Å².